The summed E-state index contributed by atoms with van der Waals surface area (Å²) < 4.78 is 14.2. The molecule has 0 aliphatic carbocycles. The van der Waals surface area contributed by atoms with Crippen LogP contribution in [0, 0.1) is 26.2 Å². The first-order valence-corrected chi connectivity index (χ1v) is 17.1. The second-order valence-corrected chi connectivity index (χ2v) is 16.7. The summed E-state index contributed by atoms with van der Waals surface area (Å²) in [6.07, 6.45) is 10.6. The summed E-state index contributed by atoms with van der Waals surface area (Å²) in [5, 5.41) is 0.743. The van der Waals surface area contributed by atoms with Gasteiger partial charge in [-0.15, -0.1) is 6.42 Å². The maximum absolute atomic E-state index is 6.51. The van der Waals surface area contributed by atoms with Gasteiger partial charge in [0.25, 0.3) is 0 Å². The number of nitrogens with zero attached hydrogens (tertiary/aromatic N) is 6. The number of fused-ring (bicyclic) bond motifs is 1. The van der Waals surface area contributed by atoms with Gasteiger partial charge in [0, 0.05) is 43.9 Å². The van der Waals surface area contributed by atoms with Crippen LogP contribution in [0.3, 0.4) is 0 Å². The number of nitrogens with two attached hydrogens (primary N) is 1. The van der Waals surface area contributed by atoms with Crippen molar-refractivity contribution < 1.29 is 9.47 Å². The quantitative estimate of drug-likeness (QED) is 0.127. The summed E-state index contributed by atoms with van der Waals surface area (Å²) in [6, 6.07) is 12.8. The zero-order valence-electron chi connectivity index (χ0n) is 24.0. The SMILES string of the molecule is C#Cc1cc(C)c(-c2c(-c3ccc(Oc4nccc(C)n4)cc3)c3c(N)ncnc3n2COCC[Si](C)(C)C)cn1. The number of ether oxygens (including phenoxy) is 2. The minimum atomic E-state index is -1.27. The standard InChI is InChI=1S/C31H33N7O2Si/c1-7-23-16-20(2)25(17-34-23)28-26(22-8-10-24(11-9-22)40-31-33-13-12-21(3)37-31)27-29(32)35-18-36-30(27)38(28)19-39-14-15-41(4,5)6/h1,8-13,16-18H,14-15,19H2,2-6H3,(H2,32,35,36). The van der Waals surface area contributed by atoms with E-state index in [2.05, 4.69) is 55.0 Å². The minimum Gasteiger partial charge on any atom is -0.424 e. The van der Waals surface area contributed by atoms with E-state index < -0.39 is 8.07 Å². The molecule has 0 atom stereocenters. The molecule has 0 aliphatic rings. The first-order chi connectivity index (χ1) is 19.6. The lowest BCUT2D eigenvalue weighted by Gasteiger charge is -2.17. The maximum Gasteiger partial charge on any atom is 0.322 e. The van der Waals surface area contributed by atoms with E-state index in [9.17, 15) is 0 Å². The Labute approximate surface area is 240 Å². The van der Waals surface area contributed by atoms with E-state index in [1.165, 1.54) is 6.33 Å². The van der Waals surface area contributed by atoms with Crippen molar-refractivity contribution in [2.75, 3.05) is 12.3 Å². The predicted octanol–water partition coefficient (Wildman–Crippen LogP) is 6.24. The molecule has 41 heavy (non-hydrogen) atoms. The number of aryl methyl sites for hydroxylation is 2. The van der Waals surface area contributed by atoms with Crippen LogP contribution >= 0.6 is 0 Å². The van der Waals surface area contributed by atoms with E-state index >= 15 is 0 Å². The van der Waals surface area contributed by atoms with Crippen molar-refractivity contribution in [1.29, 1.82) is 0 Å². The first-order valence-electron chi connectivity index (χ1n) is 13.4. The average molecular weight is 564 g/mol. The van der Waals surface area contributed by atoms with Crippen LogP contribution < -0.4 is 10.5 Å². The molecule has 10 heteroatoms. The third-order valence-electron chi connectivity index (χ3n) is 6.72. The van der Waals surface area contributed by atoms with Crippen molar-refractivity contribution in [3.05, 3.63) is 72.1 Å². The van der Waals surface area contributed by atoms with Gasteiger partial charge < -0.3 is 19.8 Å². The Morgan fingerprint density at radius 3 is 2.49 bits per heavy atom. The Morgan fingerprint density at radius 1 is 1.02 bits per heavy atom. The van der Waals surface area contributed by atoms with Crippen LogP contribution in [-0.2, 0) is 11.5 Å². The molecule has 0 unspecified atom stereocenters. The maximum atomic E-state index is 6.51. The van der Waals surface area contributed by atoms with Crippen LogP contribution in [0.15, 0.2) is 55.1 Å². The molecule has 208 valence electrons. The number of nitrogen functional groups attached to an aromatic ring is 1. The van der Waals surface area contributed by atoms with Crippen molar-refractivity contribution in [2.24, 2.45) is 0 Å². The summed E-state index contributed by atoms with van der Waals surface area (Å²) >= 11 is 0. The summed E-state index contributed by atoms with van der Waals surface area (Å²) in [5.41, 5.74) is 13.1. The summed E-state index contributed by atoms with van der Waals surface area (Å²) in [6.45, 7) is 11.9. The molecule has 0 fully saturated rings. The fourth-order valence-corrected chi connectivity index (χ4v) is 5.32. The molecule has 9 nitrogen and oxygen atoms in total. The largest absolute Gasteiger partial charge is 0.424 e. The van der Waals surface area contributed by atoms with Crippen LogP contribution in [-0.4, -0.2) is 44.2 Å². The zero-order chi connectivity index (χ0) is 29.1. The molecule has 2 N–H and O–H groups in total. The third kappa shape index (κ3) is 6.11. The average Bonchev–Trinajstić information content (AvgIpc) is 3.26. The molecule has 4 heterocycles. The van der Waals surface area contributed by atoms with Gasteiger partial charge in [-0.1, -0.05) is 37.7 Å². The van der Waals surface area contributed by atoms with Gasteiger partial charge in [0.05, 0.1) is 11.1 Å². The predicted molar refractivity (Wildman–Crippen MR) is 164 cm³/mol. The van der Waals surface area contributed by atoms with Gasteiger partial charge in [-0.05, 0) is 55.3 Å². The highest BCUT2D eigenvalue weighted by atomic mass is 28.3. The minimum absolute atomic E-state index is 0.290. The van der Waals surface area contributed by atoms with Crippen LogP contribution in [0.25, 0.3) is 33.4 Å². The fraction of sp³-hybridized carbons (Fsp3) is 0.258. The fourth-order valence-electron chi connectivity index (χ4n) is 4.57. The summed E-state index contributed by atoms with van der Waals surface area (Å²) in [5.74, 6) is 3.62. The number of terminal acetylenes is 1. The van der Waals surface area contributed by atoms with E-state index in [4.69, 9.17) is 21.6 Å². The van der Waals surface area contributed by atoms with Gasteiger partial charge in [0.15, 0.2) is 0 Å². The van der Waals surface area contributed by atoms with Gasteiger partial charge in [0.1, 0.15) is 36.0 Å². The molecular formula is C31H33N7O2Si. The Hall–Kier alpha value is -4.59. The third-order valence-corrected chi connectivity index (χ3v) is 8.43. The number of hydrogen-bond donors (Lipinski definition) is 1. The Balaban J connectivity index is 1.65. The molecular weight excluding hydrogens is 530 g/mol. The van der Waals surface area contributed by atoms with Crippen LogP contribution in [0.1, 0.15) is 17.0 Å². The van der Waals surface area contributed by atoms with Crippen molar-refractivity contribution >= 4 is 24.9 Å². The van der Waals surface area contributed by atoms with E-state index in [-0.39, 0.29) is 0 Å². The Morgan fingerprint density at radius 2 is 1.80 bits per heavy atom. The lowest BCUT2D eigenvalue weighted by Crippen LogP contribution is -2.22. The summed E-state index contributed by atoms with van der Waals surface area (Å²) in [4.78, 5) is 22.0. The van der Waals surface area contributed by atoms with Crippen LogP contribution in [0.4, 0.5) is 5.82 Å². The van der Waals surface area contributed by atoms with Gasteiger partial charge in [0.2, 0.25) is 0 Å². The van der Waals surface area contributed by atoms with Crippen molar-refractivity contribution in [3.8, 4) is 46.5 Å². The normalized spacial score (nSPS) is 11.5. The van der Waals surface area contributed by atoms with Gasteiger partial charge >= 0.3 is 6.01 Å². The number of aromatic nitrogens is 6. The number of benzene rings is 1. The van der Waals surface area contributed by atoms with Crippen molar-refractivity contribution in [2.45, 2.75) is 46.3 Å². The number of hydrogen-bond acceptors (Lipinski definition) is 8. The highest BCUT2D eigenvalue weighted by Gasteiger charge is 2.25. The molecule has 0 spiro atoms. The molecule has 5 rings (SSSR count). The van der Waals surface area contributed by atoms with Gasteiger partial charge in [-0.2, -0.15) is 0 Å². The second-order valence-electron chi connectivity index (χ2n) is 11.1. The van der Waals surface area contributed by atoms with E-state index in [0.717, 1.165) is 45.1 Å². The van der Waals surface area contributed by atoms with Crippen LogP contribution in [0.2, 0.25) is 25.7 Å². The zero-order valence-corrected chi connectivity index (χ0v) is 25.0. The highest BCUT2D eigenvalue weighted by Crippen LogP contribution is 2.43. The van der Waals surface area contributed by atoms with E-state index in [1.54, 1.807) is 12.4 Å². The molecule has 0 radical (unpaired) electrons. The molecule has 0 saturated carbocycles. The van der Waals surface area contributed by atoms with E-state index in [1.807, 2.05) is 50.2 Å². The molecule has 5 aromatic rings. The summed E-state index contributed by atoms with van der Waals surface area (Å²) in [7, 11) is -1.27. The monoisotopic (exact) mass is 563 g/mol. The highest BCUT2D eigenvalue weighted by molar-refractivity contribution is 6.76. The lowest BCUT2D eigenvalue weighted by atomic mass is 9.97. The van der Waals surface area contributed by atoms with Crippen molar-refractivity contribution in [3.63, 3.8) is 0 Å². The Kier molecular flexibility index (Phi) is 7.83. The second kappa shape index (κ2) is 11.5. The molecule has 1 aromatic carbocycles. The molecule has 4 aromatic heterocycles. The smallest absolute Gasteiger partial charge is 0.322 e. The molecule has 0 bridgehead atoms. The number of pyridine rings is 1. The van der Waals surface area contributed by atoms with Crippen LogP contribution in [0.5, 0.6) is 11.8 Å². The topological polar surface area (TPSA) is 114 Å². The molecule has 0 amide bonds. The molecule has 0 aliphatic heterocycles. The first kappa shape index (κ1) is 28.0. The Bertz CT molecular complexity index is 1750. The van der Waals surface area contributed by atoms with Gasteiger partial charge in [-0.25, -0.2) is 24.9 Å². The number of rotatable bonds is 9. The van der Waals surface area contributed by atoms with Gasteiger partial charge in [-0.3, -0.25) is 0 Å². The number of anilines is 1. The van der Waals surface area contributed by atoms with Crippen molar-refractivity contribution in [1.82, 2.24) is 29.5 Å². The van der Waals surface area contributed by atoms with E-state index in [0.29, 0.717) is 42.3 Å². The molecule has 0 saturated heterocycles. The lowest BCUT2D eigenvalue weighted by molar-refractivity contribution is 0.0909.